The van der Waals surface area contributed by atoms with Crippen molar-refractivity contribution in [2.75, 3.05) is 0 Å². The predicted molar refractivity (Wildman–Crippen MR) is 136 cm³/mol. The Morgan fingerprint density at radius 3 is 1.94 bits per heavy atom. The Morgan fingerprint density at radius 1 is 0.853 bits per heavy atom. The van der Waals surface area contributed by atoms with Gasteiger partial charge < -0.3 is 9.05 Å². The molecular formula is C29H25O4P. The molecule has 0 bridgehead atoms. The molecule has 0 spiro atoms. The first kappa shape index (κ1) is 21.2. The number of Topliss-reactive ketones (excluding diaryl/α,β-unsaturated/α-hetero) is 1. The topological polar surface area (TPSA) is 52.6 Å². The fourth-order valence-electron chi connectivity index (χ4n) is 5.28. The van der Waals surface area contributed by atoms with Gasteiger partial charge in [0.2, 0.25) is 0 Å². The molecule has 6 rings (SSSR count). The van der Waals surface area contributed by atoms with Crippen molar-refractivity contribution in [2.45, 2.75) is 26.2 Å². The molecule has 170 valence electrons. The molecule has 4 nitrogen and oxygen atoms in total. The summed E-state index contributed by atoms with van der Waals surface area (Å²) in [6, 6.07) is 24.0. The van der Waals surface area contributed by atoms with Crippen LogP contribution in [0.3, 0.4) is 0 Å². The summed E-state index contributed by atoms with van der Waals surface area (Å²) in [6.45, 7) is 1.98. The van der Waals surface area contributed by atoms with E-state index in [4.69, 9.17) is 9.05 Å². The summed E-state index contributed by atoms with van der Waals surface area (Å²) in [7, 11) is -3.63. The van der Waals surface area contributed by atoms with Crippen LogP contribution in [0.25, 0.3) is 32.7 Å². The third kappa shape index (κ3) is 3.54. The van der Waals surface area contributed by atoms with Gasteiger partial charge in [-0.15, -0.1) is 0 Å². The third-order valence-electron chi connectivity index (χ3n) is 7.19. The third-order valence-corrected chi connectivity index (χ3v) is 8.66. The first-order chi connectivity index (χ1) is 16.5. The molecule has 0 saturated heterocycles. The number of hydrogen-bond acceptors (Lipinski definition) is 4. The summed E-state index contributed by atoms with van der Waals surface area (Å²) < 4.78 is 26.3. The minimum absolute atomic E-state index is 0.0423. The molecule has 1 heterocycles. The van der Waals surface area contributed by atoms with Crippen LogP contribution in [-0.4, -0.2) is 5.78 Å². The fourth-order valence-corrected chi connectivity index (χ4v) is 6.67. The van der Waals surface area contributed by atoms with Gasteiger partial charge in [0.1, 0.15) is 17.3 Å². The molecule has 0 aromatic heterocycles. The van der Waals surface area contributed by atoms with Crippen LogP contribution in [0.5, 0.6) is 11.5 Å². The predicted octanol–water partition coefficient (Wildman–Crippen LogP) is 8.14. The van der Waals surface area contributed by atoms with Crippen molar-refractivity contribution in [3.63, 3.8) is 0 Å². The van der Waals surface area contributed by atoms with Crippen LogP contribution < -0.4 is 9.05 Å². The Labute approximate surface area is 198 Å². The summed E-state index contributed by atoms with van der Waals surface area (Å²) in [5.74, 6) is 3.30. The van der Waals surface area contributed by atoms with Crippen LogP contribution in [0.2, 0.25) is 0 Å². The van der Waals surface area contributed by atoms with Crippen LogP contribution in [0.15, 0.2) is 84.7 Å². The quantitative estimate of drug-likeness (QED) is 0.285. The zero-order chi connectivity index (χ0) is 23.3. The number of allylic oxidation sites excluding steroid dienone is 1. The van der Waals surface area contributed by atoms with Gasteiger partial charge in [0.05, 0.1) is 0 Å². The first-order valence-corrected chi connectivity index (χ1v) is 13.4. The Morgan fingerprint density at radius 2 is 1.41 bits per heavy atom. The van der Waals surface area contributed by atoms with E-state index in [1.165, 1.54) is 0 Å². The van der Waals surface area contributed by atoms with E-state index < -0.39 is 7.60 Å². The highest BCUT2D eigenvalue weighted by molar-refractivity contribution is 7.58. The van der Waals surface area contributed by atoms with Crippen molar-refractivity contribution in [3.8, 4) is 22.6 Å². The molecule has 4 aromatic rings. The Balaban J connectivity index is 1.50. The lowest BCUT2D eigenvalue weighted by molar-refractivity contribution is -0.120. The smallest absolute Gasteiger partial charge is 0.413 e. The maximum absolute atomic E-state index is 14.0. The number of benzene rings is 4. The van der Waals surface area contributed by atoms with Crippen LogP contribution in [0.1, 0.15) is 26.2 Å². The van der Waals surface area contributed by atoms with E-state index in [1.807, 2.05) is 61.5 Å². The van der Waals surface area contributed by atoms with E-state index in [1.54, 1.807) is 5.82 Å². The van der Waals surface area contributed by atoms with Crippen molar-refractivity contribution in [1.82, 2.24) is 0 Å². The molecule has 1 saturated carbocycles. The molecule has 1 aliphatic heterocycles. The number of carbonyl (C=O) groups is 1. The zero-order valence-corrected chi connectivity index (χ0v) is 19.8. The lowest BCUT2D eigenvalue weighted by atomic mass is 9.92. The van der Waals surface area contributed by atoms with Gasteiger partial charge in [0, 0.05) is 29.3 Å². The van der Waals surface area contributed by atoms with Crippen LogP contribution in [0.4, 0.5) is 0 Å². The number of ketones is 1. The number of carbonyl (C=O) groups excluding carboxylic acids is 1. The fraction of sp³-hybridized carbons (Fsp3) is 0.207. The summed E-state index contributed by atoms with van der Waals surface area (Å²) in [5.41, 5.74) is 1.79. The standard InChI is InChI=1S/C29H25O4P/c1-19-20(12-15-25(19)30)9-6-18-34(31)32-26-16-13-21-7-2-4-10-23(21)28(26)29-24-11-5-3-8-22(24)14-17-27(29)33-34/h2-8,10-11,13-14,16-20H,9,12,15H2,1H3/b18-6+/t19-,20+/m0/s1. The summed E-state index contributed by atoms with van der Waals surface area (Å²) in [4.78, 5) is 11.9. The van der Waals surface area contributed by atoms with E-state index in [0.717, 1.165) is 39.1 Å². The summed E-state index contributed by atoms with van der Waals surface area (Å²) in [5, 5.41) is 4.21. The van der Waals surface area contributed by atoms with Crippen molar-refractivity contribution in [1.29, 1.82) is 0 Å². The average Bonchev–Trinajstić information content (AvgIpc) is 3.09. The Hall–Kier alpha value is -3.36. The Kier molecular flexibility index (Phi) is 5.08. The molecule has 0 unspecified atom stereocenters. The number of hydrogen-bond donors (Lipinski definition) is 0. The van der Waals surface area contributed by atoms with E-state index in [0.29, 0.717) is 30.1 Å². The molecule has 0 N–H and O–H groups in total. The molecular weight excluding hydrogens is 443 g/mol. The largest absolute Gasteiger partial charge is 0.455 e. The van der Waals surface area contributed by atoms with Gasteiger partial charge in [-0.3, -0.25) is 4.79 Å². The number of rotatable bonds is 3. The van der Waals surface area contributed by atoms with Gasteiger partial charge in [0.15, 0.2) is 0 Å². The SMILES string of the molecule is C[C@@H]1C(=O)CC[C@H]1C/C=C/P1(=O)Oc2ccc3ccccc3c2-c2c(ccc3ccccc23)O1. The van der Waals surface area contributed by atoms with Gasteiger partial charge in [-0.2, -0.15) is 0 Å². The van der Waals surface area contributed by atoms with Gasteiger partial charge in [0.25, 0.3) is 0 Å². The lowest BCUT2D eigenvalue weighted by Gasteiger charge is -2.16. The lowest BCUT2D eigenvalue weighted by Crippen LogP contribution is -2.09. The maximum Gasteiger partial charge on any atom is 0.455 e. The highest BCUT2D eigenvalue weighted by atomic mass is 31.2. The van der Waals surface area contributed by atoms with E-state index in [9.17, 15) is 9.36 Å². The maximum atomic E-state index is 14.0. The monoisotopic (exact) mass is 468 g/mol. The molecule has 0 amide bonds. The summed E-state index contributed by atoms with van der Waals surface area (Å²) in [6.07, 6.45) is 4.05. The van der Waals surface area contributed by atoms with Gasteiger partial charge in [-0.05, 0) is 52.4 Å². The second kappa shape index (κ2) is 8.14. The molecule has 0 radical (unpaired) electrons. The van der Waals surface area contributed by atoms with Crippen molar-refractivity contribution in [3.05, 3.63) is 84.7 Å². The average molecular weight is 468 g/mol. The zero-order valence-electron chi connectivity index (χ0n) is 18.9. The molecule has 1 aliphatic carbocycles. The second-order valence-corrected chi connectivity index (χ2v) is 11.0. The van der Waals surface area contributed by atoms with Gasteiger partial charge in [-0.1, -0.05) is 73.7 Å². The van der Waals surface area contributed by atoms with Crippen molar-refractivity contribution in [2.24, 2.45) is 11.8 Å². The number of fused-ring (bicyclic) bond motifs is 7. The van der Waals surface area contributed by atoms with Crippen LogP contribution in [-0.2, 0) is 9.36 Å². The van der Waals surface area contributed by atoms with Crippen LogP contribution in [0, 0.1) is 11.8 Å². The van der Waals surface area contributed by atoms with Gasteiger partial charge in [-0.25, -0.2) is 4.57 Å². The minimum atomic E-state index is -3.63. The second-order valence-electron chi connectivity index (χ2n) is 9.22. The molecule has 2 aliphatic rings. The minimum Gasteiger partial charge on any atom is -0.413 e. The van der Waals surface area contributed by atoms with Crippen molar-refractivity contribution >= 4 is 34.9 Å². The first-order valence-electron chi connectivity index (χ1n) is 11.8. The van der Waals surface area contributed by atoms with E-state index in [-0.39, 0.29) is 11.8 Å². The summed E-state index contributed by atoms with van der Waals surface area (Å²) >= 11 is 0. The molecule has 1 fully saturated rings. The normalized spacial score (nSPS) is 21.1. The van der Waals surface area contributed by atoms with Crippen LogP contribution >= 0.6 is 7.60 Å². The molecule has 5 heteroatoms. The molecule has 2 atom stereocenters. The van der Waals surface area contributed by atoms with E-state index in [2.05, 4.69) is 24.3 Å². The molecule has 4 aromatic carbocycles. The van der Waals surface area contributed by atoms with Crippen molar-refractivity contribution < 1.29 is 18.4 Å². The highest BCUT2D eigenvalue weighted by Crippen LogP contribution is 2.59. The molecule has 34 heavy (non-hydrogen) atoms. The Bertz CT molecular complexity index is 1430. The van der Waals surface area contributed by atoms with Gasteiger partial charge >= 0.3 is 7.60 Å². The highest BCUT2D eigenvalue weighted by Gasteiger charge is 2.34. The van der Waals surface area contributed by atoms with E-state index >= 15 is 0 Å².